The van der Waals surface area contributed by atoms with Crippen molar-refractivity contribution in [3.63, 3.8) is 0 Å². The zero-order chi connectivity index (χ0) is 11.3. The first-order valence-corrected chi connectivity index (χ1v) is 6.92. The van der Waals surface area contributed by atoms with Crippen LogP contribution in [0.4, 0.5) is 0 Å². The average Bonchev–Trinajstić information content (AvgIpc) is 2.67. The van der Waals surface area contributed by atoms with Gasteiger partial charge in [-0.1, -0.05) is 13.8 Å². The summed E-state index contributed by atoms with van der Waals surface area (Å²) in [5.74, 6) is 0. The van der Waals surface area contributed by atoms with Crippen molar-refractivity contribution in [1.82, 2.24) is 5.32 Å². The Bertz CT molecular complexity index is 288. The van der Waals surface area contributed by atoms with Crippen molar-refractivity contribution in [2.24, 2.45) is 0 Å². The minimum absolute atomic E-state index is 0.115. The Morgan fingerprint density at radius 2 is 2.13 bits per heavy atom. The highest BCUT2D eigenvalue weighted by molar-refractivity contribution is 9.10. The molecule has 0 aliphatic carbocycles. The van der Waals surface area contributed by atoms with E-state index in [4.69, 9.17) is 0 Å². The first-order chi connectivity index (χ1) is 7.15. The van der Waals surface area contributed by atoms with E-state index in [2.05, 4.69) is 46.5 Å². The SMILES string of the molecule is CCC(CC)(CO)NCc1cc(Br)cs1. The van der Waals surface area contributed by atoms with Crippen LogP contribution in [0.1, 0.15) is 31.6 Å². The van der Waals surface area contributed by atoms with Crippen molar-refractivity contribution in [2.75, 3.05) is 6.61 Å². The van der Waals surface area contributed by atoms with Crippen LogP contribution in [-0.2, 0) is 6.54 Å². The standard InChI is InChI=1S/C11H18BrNOS/c1-3-11(4-2,8-14)13-6-10-5-9(12)7-15-10/h5,7,13-14H,3-4,6,8H2,1-2H3. The molecule has 1 aromatic heterocycles. The Labute approximate surface area is 104 Å². The maximum atomic E-state index is 9.39. The predicted molar refractivity (Wildman–Crippen MR) is 69.3 cm³/mol. The number of hydrogen-bond donors (Lipinski definition) is 2. The highest BCUT2D eigenvalue weighted by atomic mass is 79.9. The number of aliphatic hydroxyl groups excluding tert-OH is 1. The van der Waals surface area contributed by atoms with Gasteiger partial charge in [0.15, 0.2) is 0 Å². The Morgan fingerprint density at radius 1 is 1.47 bits per heavy atom. The zero-order valence-corrected chi connectivity index (χ0v) is 11.6. The Balaban J connectivity index is 2.54. The van der Waals surface area contributed by atoms with Gasteiger partial charge in [-0.3, -0.25) is 0 Å². The quantitative estimate of drug-likeness (QED) is 0.844. The van der Waals surface area contributed by atoms with Gasteiger partial charge in [-0.15, -0.1) is 11.3 Å². The molecule has 0 amide bonds. The Kier molecular flexibility index (Phi) is 5.26. The highest BCUT2D eigenvalue weighted by Gasteiger charge is 2.24. The van der Waals surface area contributed by atoms with Gasteiger partial charge in [0, 0.05) is 26.8 Å². The van der Waals surface area contributed by atoms with E-state index in [1.807, 2.05) is 0 Å². The van der Waals surface area contributed by atoms with Crippen LogP contribution in [0.15, 0.2) is 15.9 Å². The summed E-state index contributed by atoms with van der Waals surface area (Å²) in [5, 5.41) is 14.9. The normalized spacial score (nSPS) is 12.0. The zero-order valence-electron chi connectivity index (χ0n) is 9.22. The summed E-state index contributed by atoms with van der Waals surface area (Å²) >= 11 is 5.17. The van der Waals surface area contributed by atoms with Crippen molar-refractivity contribution >= 4 is 27.3 Å². The van der Waals surface area contributed by atoms with E-state index in [0.29, 0.717) is 0 Å². The average molecular weight is 292 g/mol. The predicted octanol–water partition coefficient (Wildman–Crippen LogP) is 3.15. The molecule has 1 aromatic rings. The molecule has 1 heterocycles. The van der Waals surface area contributed by atoms with Crippen molar-refractivity contribution < 1.29 is 5.11 Å². The summed E-state index contributed by atoms with van der Waals surface area (Å²) in [6, 6.07) is 2.12. The molecule has 2 N–H and O–H groups in total. The van der Waals surface area contributed by atoms with Crippen molar-refractivity contribution in [3.8, 4) is 0 Å². The molecule has 0 fully saturated rings. The van der Waals surface area contributed by atoms with Crippen molar-refractivity contribution in [2.45, 2.75) is 38.8 Å². The van der Waals surface area contributed by atoms with Gasteiger partial charge in [0.2, 0.25) is 0 Å². The molecule has 0 atom stereocenters. The topological polar surface area (TPSA) is 32.3 Å². The summed E-state index contributed by atoms with van der Waals surface area (Å²) in [5.41, 5.74) is -0.115. The van der Waals surface area contributed by atoms with Gasteiger partial charge in [-0.2, -0.15) is 0 Å². The third-order valence-electron chi connectivity index (χ3n) is 2.92. The van der Waals surface area contributed by atoms with E-state index in [1.165, 1.54) is 4.88 Å². The van der Waals surface area contributed by atoms with E-state index < -0.39 is 0 Å². The Hall–Kier alpha value is 0.1000. The highest BCUT2D eigenvalue weighted by Crippen LogP contribution is 2.21. The maximum absolute atomic E-state index is 9.39. The summed E-state index contributed by atoms with van der Waals surface area (Å²) in [7, 11) is 0. The third kappa shape index (κ3) is 3.55. The molecule has 0 unspecified atom stereocenters. The molecule has 0 radical (unpaired) electrons. The van der Waals surface area contributed by atoms with Gasteiger partial charge in [0.05, 0.1) is 6.61 Å². The number of rotatable bonds is 6. The van der Waals surface area contributed by atoms with Gasteiger partial charge in [-0.25, -0.2) is 0 Å². The minimum Gasteiger partial charge on any atom is -0.394 e. The molecule has 0 bridgehead atoms. The smallest absolute Gasteiger partial charge is 0.0613 e. The van der Waals surface area contributed by atoms with Crippen LogP contribution in [0, 0.1) is 0 Å². The fraction of sp³-hybridized carbons (Fsp3) is 0.636. The molecular formula is C11H18BrNOS. The van der Waals surface area contributed by atoms with Crippen LogP contribution in [0.25, 0.3) is 0 Å². The first-order valence-electron chi connectivity index (χ1n) is 5.24. The lowest BCUT2D eigenvalue weighted by molar-refractivity contribution is 0.150. The second kappa shape index (κ2) is 5.99. The summed E-state index contributed by atoms with van der Waals surface area (Å²) < 4.78 is 1.13. The number of thiophene rings is 1. The van der Waals surface area contributed by atoms with Crippen molar-refractivity contribution in [1.29, 1.82) is 0 Å². The van der Waals surface area contributed by atoms with Crippen LogP contribution in [0.2, 0.25) is 0 Å². The first kappa shape index (κ1) is 13.2. The lowest BCUT2D eigenvalue weighted by Gasteiger charge is -2.30. The molecule has 2 nitrogen and oxygen atoms in total. The van der Waals surface area contributed by atoms with E-state index >= 15 is 0 Å². The molecule has 0 saturated carbocycles. The van der Waals surface area contributed by atoms with Gasteiger partial charge in [0.1, 0.15) is 0 Å². The molecule has 1 rings (SSSR count). The third-order valence-corrected chi connectivity index (χ3v) is 4.61. The van der Waals surface area contributed by atoms with Crippen LogP contribution in [-0.4, -0.2) is 17.3 Å². The Morgan fingerprint density at radius 3 is 2.53 bits per heavy atom. The van der Waals surface area contributed by atoms with Crippen molar-refractivity contribution in [3.05, 3.63) is 20.8 Å². The molecule has 0 aliphatic rings. The number of aliphatic hydroxyl groups is 1. The minimum atomic E-state index is -0.115. The second-order valence-electron chi connectivity index (χ2n) is 3.73. The molecular weight excluding hydrogens is 274 g/mol. The van der Waals surface area contributed by atoms with Gasteiger partial charge >= 0.3 is 0 Å². The molecule has 86 valence electrons. The maximum Gasteiger partial charge on any atom is 0.0613 e. The van der Waals surface area contributed by atoms with Crippen LogP contribution >= 0.6 is 27.3 Å². The van der Waals surface area contributed by atoms with Gasteiger partial charge < -0.3 is 10.4 Å². The van der Waals surface area contributed by atoms with E-state index in [0.717, 1.165) is 23.9 Å². The summed E-state index contributed by atoms with van der Waals surface area (Å²) in [6.07, 6.45) is 1.90. The van der Waals surface area contributed by atoms with E-state index in [9.17, 15) is 5.11 Å². The molecule has 0 aliphatic heterocycles. The van der Waals surface area contributed by atoms with Crippen LogP contribution < -0.4 is 5.32 Å². The number of hydrogen-bond acceptors (Lipinski definition) is 3. The lowest BCUT2D eigenvalue weighted by Crippen LogP contribution is -2.46. The van der Waals surface area contributed by atoms with Crippen LogP contribution in [0.5, 0.6) is 0 Å². The monoisotopic (exact) mass is 291 g/mol. The summed E-state index contributed by atoms with van der Waals surface area (Å²) in [6.45, 7) is 5.25. The second-order valence-corrected chi connectivity index (χ2v) is 5.64. The number of nitrogens with one attached hydrogen (secondary N) is 1. The fourth-order valence-corrected chi connectivity index (χ4v) is 2.89. The molecule has 0 saturated heterocycles. The summed E-state index contributed by atoms with van der Waals surface area (Å²) in [4.78, 5) is 1.29. The van der Waals surface area contributed by atoms with Crippen LogP contribution in [0.3, 0.4) is 0 Å². The number of halogens is 1. The fourth-order valence-electron chi connectivity index (χ4n) is 1.50. The van der Waals surface area contributed by atoms with E-state index in [-0.39, 0.29) is 12.1 Å². The van der Waals surface area contributed by atoms with Gasteiger partial charge in [0.25, 0.3) is 0 Å². The molecule has 0 aromatic carbocycles. The molecule has 4 heteroatoms. The van der Waals surface area contributed by atoms with E-state index in [1.54, 1.807) is 11.3 Å². The van der Waals surface area contributed by atoms with Gasteiger partial charge in [-0.05, 0) is 34.8 Å². The lowest BCUT2D eigenvalue weighted by atomic mass is 9.94. The molecule has 0 spiro atoms. The largest absolute Gasteiger partial charge is 0.394 e. The molecule has 15 heavy (non-hydrogen) atoms.